The molecule has 0 aliphatic rings. The SMILES string of the molecule is CC(CC#N)N[C@@H](C)c1cccs1. The van der Waals surface area contributed by atoms with Crippen molar-refractivity contribution < 1.29 is 0 Å². The Balaban J connectivity index is 2.42. The van der Waals surface area contributed by atoms with E-state index in [-0.39, 0.29) is 6.04 Å². The normalized spacial score (nSPS) is 14.8. The largest absolute Gasteiger partial charge is 0.306 e. The predicted octanol–water partition coefficient (Wildman–Crippen LogP) is 2.70. The zero-order valence-electron chi connectivity index (χ0n) is 7.95. The Morgan fingerprint density at radius 1 is 1.62 bits per heavy atom. The molecule has 0 bridgehead atoms. The van der Waals surface area contributed by atoms with Gasteiger partial charge < -0.3 is 5.32 Å². The molecule has 2 atom stereocenters. The van der Waals surface area contributed by atoms with Crippen molar-refractivity contribution in [3.63, 3.8) is 0 Å². The predicted molar refractivity (Wildman–Crippen MR) is 55.6 cm³/mol. The Bertz CT molecular complexity index is 274. The minimum atomic E-state index is 0.266. The molecule has 0 spiro atoms. The second-order valence-electron chi connectivity index (χ2n) is 3.17. The van der Waals surface area contributed by atoms with E-state index in [0.29, 0.717) is 12.5 Å². The molecule has 0 fully saturated rings. The molecule has 0 amide bonds. The third-order valence-corrected chi connectivity index (χ3v) is 2.96. The molecule has 1 unspecified atom stereocenters. The van der Waals surface area contributed by atoms with Gasteiger partial charge in [0, 0.05) is 17.0 Å². The zero-order chi connectivity index (χ0) is 9.68. The minimum absolute atomic E-state index is 0.266. The van der Waals surface area contributed by atoms with Crippen LogP contribution in [0.25, 0.3) is 0 Å². The van der Waals surface area contributed by atoms with Crippen molar-refractivity contribution >= 4 is 11.3 Å². The third-order valence-electron chi connectivity index (χ3n) is 1.90. The van der Waals surface area contributed by atoms with Crippen LogP contribution in [0.2, 0.25) is 0 Å². The van der Waals surface area contributed by atoms with Crippen molar-refractivity contribution in [3.05, 3.63) is 22.4 Å². The summed E-state index contributed by atoms with van der Waals surface area (Å²) in [5.41, 5.74) is 0. The number of thiophene rings is 1. The van der Waals surface area contributed by atoms with Crippen LogP contribution >= 0.6 is 11.3 Å². The van der Waals surface area contributed by atoms with Gasteiger partial charge in [0.15, 0.2) is 0 Å². The summed E-state index contributed by atoms with van der Waals surface area (Å²) in [6.45, 7) is 4.16. The van der Waals surface area contributed by atoms with Crippen LogP contribution < -0.4 is 5.32 Å². The summed E-state index contributed by atoms with van der Waals surface area (Å²) in [7, 11) is 0. The van der Waals surface area contributed by atoms with Crippen LogP contribution in [0.1, 0.15) is 31.2 Å². The van der Waals surface area contributed by atoms with Gasteiger partial charge in [-0.25, -0.2) is 0 Å². The topological polar surface area (TPSA) is 35.8 Å². The lowest BCUT2D eigenvalue weighted by Gasteiger charge is -2.16. The molecule has 0 radical (unpaired) electrons. The molecule has 1 aromatic heterocycles. The first-order valence-corrected chi connectivity index (χ1v) is 5.28. The van der Waals surface area contributed by atoms with Crippen LogP contribution in [-0.2, 0) is 0 Å². The summed E-state index contributed by atoms with van der Waals surface area (Å²) >= 11 is 1.75. The van der Waals surface area contributed by atoms with Crippen LogP contribution in [0.4, 0.5) is 0 Å². The maximum absolute atomic E-state index is 8.49. The average molecular weight is 194 g/mol. The van der Waals surface area contributed by atoms with E-state index in [1.54, 1.807) is 11.3 Å². The van der Waals surface area contributed by atoms with Crippen molar-refractivity contribution in [2.24, 2.45) is 0 Å². The highest BCUT2D eigenvalue weighted by atomic mass is 32.1. The lowest BCUT2D eigenvalue weighted by Crippen LogP contribution is -2.27. The third kappa shape index (κ3) is 3.17. The van der Waals surface area contributed by atoms with Crippen LogP contribution in [-0.4, -0.2) is 6.04 Å². The molecule has 0 saturated carbocycles. The second-order valence-corrected chi connectivity index (χ2v) is 4.15. The quantitative estimate of drug-likeness (QED) is 0.800. The van der Waals surface area contributed by atoms with Gasteiger partial charge in [0.25, 0.3) is 0 Å². The minimum Gasteiger partial charge on any atom is -0.306 e. The van der Waals surface area contributed by atoms with Gasteiger partial charge in [-0.15, -0.1) is 11.3 Å². The lowest BCUT2D eigenvalue weighted by atomic mass is 10.2. The Labute approximate surface area is 83.2 Å². The highest BCUT2D eigenvalue weighted by Gasteiger charge is 2.09. The van der Waals surface area contributed by atoms with Gasteiger partial charge in [-0.05, 0) is 25.3 Å². The standard InChI is InChI=1S/C10H14N2S/c1-8(5-6-11)12-9(2)10-4-3-7-13-10/h3-4,7-9,12H,5H2,1-2H3/t8?,9-/m0/s1. The molecule has 2 nitrogen and oxygen atoms in total. The summed E-state index contributed by atoms with van der Waals surface area (Å²) in [4.78, 5) is 1.32. The van der Waals surface area contributed by atoms with Crippen molar-refractivity contribution in [2.45, 2.75) is 32.4 Å². The molecule has 0 aromatic carbocycles. The van der Waals surface area contributed by atoms with Crippen LogP contribution in [0.15, 0.2) is 17.5 Å². The fourth-order valence-electron chi connectivity index (χ4n) is 1.24. The fourth-order valence-corrected chi connectivity index (χ4v) is 1.99. The van der Waals surface area contributed by atoms with Crippen molar-refractivity contribution in [1.29, 1.82) is 5.26 Å². The van der Waals surface area contributed by atoms with Gasteiger partial charge in [-0.3, -0.25) is 0 Å². The van der Waals surface area contributed by atoms with Crippen LogP contribution in [0.5, 0.6) is 0 Å². The summed E-state index contributed by atoms with van der Waals surface area (Å²) < 4.78 is 0. The van der Waals surface area contributed by atoms with E-state index in [9.17, 15) is 0 Å². The molecule has 13 heavy (non-hydrogen) atoms. The van der Waals surface area contributed by atoms with Gasteiger partial charge >= 0.3 is 0 Å². The summed E-state index contributed by atoms with van der Waals surface area (Å²) in [5, 5.41) is 13.9. The van der Waals surface area contributed by atoms with Crippen LogP contribution in [0.3, 0.4) is 0 Å². The maximum Gasteiger partial charge on any atom is 0.0638 e. The van der Waals surface area contributed by atoms with Gasteiger partial charge in [-0.2, -0.15) is 5.26 Å². The fraction of sp³-hybridized carbons (Fsp3) is 0.500. The van der Waals surface area contributed by atoms with Gasteiger partial charge in [0.1, 0.15) is 0 Å². The van der Waals surface area contributed by atoms with E-state index < -0.39 is 0 Å². The number of nitrogens with one attached hydrogen (secondary N) is 1. The first-order chi connectivity index (χ1) is 6.24. The van der Waals surface area contributed by atoms with Gasteiger partial charge in [0.05, 0.1) is 12.5 Å². The second kappa shape index (κ2) is 5.00. The lowest BCUT2D eigenvalue weighted by molar-refractivity contribution is 0.490. The van der Waals surface area contributed by atoms with Crippen molar-refractivity contribution in [3.8, 4) is 6.07 Å². The Morgan fingerprint density at radius 2 is 2.38 bits per heavy atom. The van der Waals surface area contributed by atoms with Crippen LogP contribution in [0, 0.1) is 11.3 Å². The smallest absolute Gasteiger partial charge is 0.0638 e. The number of nitriles is 1. The average Bonchev–Trinajstić information content (AvgIpc) is 2.55. The summed E-state index contributed by atoms with van der Waals surface area (Å²) in [6.07, 6.45) is 0.565. The summed E-state index contributed by atoms with van der Waals surface area (Å²) in [5.74, 6) is 0. The molecule has 70 valence electrons. The van der Waals surface area contributed by atoms with E-state index in [2.05, 4.69) is 29.8 Å². The first kappa shape index (κ1) is 10.2. The molecule has 1 rings (SSSR count). The van der Waals surface area contributed by atoms with E-state index in [4.69, 9.17) is 5.26 Å². The Hall–Kier alpha value is -0.850. The maximum atomic E-state index is 8.49. The van der Waals surface area contributed by atoms with Crippen molar-refractivity contribution in [2.75, 3.05) is 0 Å². The van der Waals surface area contributed by atoms with E-state index in [1.165, 1.54) is 4.88 Å². The molecule has 1 N–H and O–H groups in total. The van der Waals surface area contributed by atoms with E-state index in [0.717, 1.165) is 0 Å². The zero-order valence-corrected chi connectivity index (χ0v) is 8.77. The molecule has 1 heterocycles. The Kier molecular flexibility index (Phi) is 3.94. The molecule has 3 heteroatoms. The van der Waals surface area contributed by atoms with Gasteiger partial charge in [-0.1, -0.05) is 6.07 Å². The number of hydrogen-bond donors (Lipinski definition) is 1. The number of nitrogens with zero attached hydrogens (tertiary/aromatic N) is 1. The molecule has 1 aromatic rings. The number of hydrogen-bond acceptors (Lipinski definition) is 3. The van der Waals surface area contributed by atoms with E-state index in [1.807, 2.05) is 13.0 Å². The number of rotatable bonds is 4. The summed E-state index contributed by atoms with van der Waals surface area (Å²) in [6, 6.07) is 6.94. The molecule has 0 aliphatic carbocycles. The highest BCUT2D eigenvalue weighted by molar-refractivity contribution is 7.10. The Morgan fingerprint density at radius 3 is 2.92 bits per heavy atom. The molecular weight excluding hydrogens is 180 g/mol. The molecule has 0 aliphatic heterocycles. The van der Waals surface area contributed by atoms with E-state index >= 15 is 0 Å². The van der Waals surface area contributed by atoms with Gasteiger partial charge in [0.2, 0.25) is 0 Å². The first-order valence-electron chi connectivity index (χ1n) is 4.40. The molecular formula is C10H14N2S. The highest BCUT2D eigenvalue weighted by Crippen LogP contribution is 2.18. The molecule has 0 saturated heterocycles. The van der Waals surface area contributed by atoms with Crippen molar-refractivity contribution in [1.82, 2.24) is 5.32 Å². The monoisotopic (exact) mass is 194 g/mol.